The highest BCUT2D eigenvalue weighted by Crippen LogP contribution is 2.53. The van der Waals surface area contributed by atoms with Crippen LogP contribution < -0.4 is 5.32 Å². The summed E-state index contributed by atoms with van der Waals surface area (Å²) in [6.07, 6.45) is 10.1. The van der Waals surface area contributed by atoms with E-state index < -0.39 is 0 Å². The summed E-state index contributed by atoms with van der Waals surface area (Å²) >= 11 is 0. The number of hydrogen-bond donors (Lipinski definition) is 1. The molecular weight excluding hydrogens is 252 g/mol. The molecule has 1 N–H and O–H groups in total. The van der Waals surface area contributed by atoms with Crippen LogP contribution in [-0.2, 0) is 11.3 Å². The second-order valence-electron chi connectivity index (χ2n) is 6.27. The number of oxazole rings is 1. The van der Waals surface area contributed by atoms with Crippen molar-refractivity contribution in [1.29, 1.82) is 0 Å². The number of nitrogens with zero attached hydrogens (tertiary/aromatic N) is 1. The topological polar surface area (TPSA) is 47.3 Å². The summed E-state index contributed by atoms with van der Waals surface area (Å²) in [5.41, 5.74) is 0.371. The quantitative estimate of drug-likeness (QED) is 0.898. The molecule has 2 unspecified atom stereocenters. The van der Waals surface area contributed by atoms with Crippen molar-refractivity contribution in [2.24, 2.45) is 5.41 Å². The number of nitrogens with one attached hydrogen (secondary N) is 1. The van der Waals surface area contributed by atoms with Crippen LogP contribution in [0.25, 0.3) is 0 Å². The third-order valence-electron chi connectivity index (χ3n) is 5.11. The van der Waals surface area contributed by atoms with Crippen LogP contribution in [0.15, 0.2) is 10.6 Å². The standard InChI is InChI=1S/C16H26N2O2/c1-3-19-14-9-13(16(14)7-5-4-6-8-16)17-11-15-18-10-12(2)20-15/h10,13-14,17H,3-9,11H2,1-2H3. The lowest BCUT2D eigenvalue weighted by atomic mass is 9.55. The highest BCUT2D eigenvalue weighted by molar-refractivity contribution is 5.09. The monoisotopic (exact) mass is 278 g/mol. The maximum atomic E-state index is 5.98. The highest BCUT2D eigenvalue weighted by Gasteiger charge is 2.55. The van der Waals surface area contributed by atoms with Crippen LogP contribution in [0.3, 0.4) is 0 Å². The van der Waals surface area contributed by atoms with Crippen LogP contribution in [0.2, 0.25) is 0 Å². The van der Waals surface area contributed by atoms with Gasteiger partial charge in [0.2, 0.25) is 5.89 Å². The van der Waals surface area contributed by atoms with Crippen molar-refractivity contribution >= 4 is 0 Å². The maximum Gasteiger partial charge on any atom is 0.208 e. The Morgan fingerprint density at radius 1 is 1.40 bits per heavy atom. The smallest absolute Gasteiger partial charge is 0.208 e. The highest BCUT2D eigenvalue weighted by atomic mass is 16.5. The molecule has 1 spiro atoms. The zero-order valence-corrected chi connectivity index (χ0v) is 12.7. The molecule has 0 saturated heterocycles. The molecule has 0 bridgehead atoms. The van der Waals surface area contributed by atoms with Gasteiger partial charge in [-0.05, 0) is 33.1 Å². The zero-order chi connectivity index (χ0) is 14.0. The molecule has 0 amide bonds. The molecule has 2 fully saturated rings. The Balaban J connectivity index is 1.61. The van der Waals surface area contributed by atoms with Gasteiger partial charge in [0.05, 0.1) is 18.8 Å². The van der Waals surface area contributed by atoms with Crippen LogP contribution in [0.4, 0.5) is 0 Å². The summed E-state index contributed by atoms with van der Waals surface area (Å²) in [4.78, 5) is 4.27. The van der Waals surface area contributed by atoms with Crippen molar-refractivity contribution in [3.8, 4) is 0 Å². The van der Waals surface area contributed by atoms with Crippen molar-refractivity contribution < 1.29 is 9.15 Å². The van der Waals surface area contributed by atoms with E-state index in [1.165, 1.54) is 32.1 Å². The number of ether oxygens (including phenoxy) is 1. The van der Waals surface area contributed by atoms with E-state index in [2.05, 4.69) is 17.2 Å². The predicted molar refractivity (Wildman–Crippen MR) is 77.4 cm³/mol. The molecule has 0 aliphatic heterocycles. The predicted octanol–water partition coefficient (Wildman–Crippen LogP) is 3.20. The van der Waals surface area contributed by atoms with Gasteiger partial charge in [-0.25, -0.2) is 4.98 Å². The van der Waals surface area contributed by atoms with Crippen LogP contribution >= 0.6 is 0 Å². The van der Waals surface area contributed by atoms with Gasteiger partial charge in [0, 0.05) is 18.1 Å². The Morgan fingerprint density at radius 3 is 2.85 bits per heavy atom. The average Bonchev–Trinajstić information content (AvgIpc) is 2.88. The summed E-state index contributed by atoms with van der Waals surface area (Å²) in [6, 6.07) is 0.562. The van der Waals surface area contributed by atoms with Gasteiger partial charge in [0.25, 0.3) is 0 Å². The molecule has 4 heteroatoms. The van der Waals surface area contributed by atoms with E-state index in [0.29, 0.717) is 17.6 Å². The van der Waals surface area contributed by atoms with Gasteiger partial charge >= 0.3 is 0 Å². The lowest BCUT2D eigenvalue weighted by Gasteiger charge is -2.57. The minimum Gasteiger partial charge on any atom is -0.445 e. The molecule has 2 saturated carbocycles. The Kier molecular flexibility index (Phi) is 4.13. The minimum atomic E-state index is 0.371. The summed E-state index contributed by atoms with van der Waals surface area (Å²) in [5, 5.41) is 3.66. The van der Waals surface area contributed by atoms with Gasteiger partial charge in [0.15, 0.2) is 0 Å². The van der Waals surface area contributed by atoms with Gasteiger partial charge in [-0.1, -0.05) is 19.3 Å². The first-order valence-electron chi connectivity index (χ1n) is 8.01. The summed E-state index contributed by atoms with van der Waals surface area (Å²) < 4.78 is 11.5. The second kappa shape index (κ2) is 5.86. The molecule has 0 radical (unpaired) electrons. The molecule has 1 heterocycles. The molecule has 112 valence electrons. The van der Waals surface area contributed by atoms with Crippen LogP contribution in [0.5, 0.6) is 0 Å². The largest absolute Gasteiger partial charge is 0.445 e. The molecule has 2 aliphatic rings. The fourth-order valence-corrected chi connectivity index (χ4v) is 4.04. The van der Waals surface area contributed by atoms with Gasteiger partial charge in [-0.2, -0.15) is 0 Å². The Bertz CT molecular complexity index is 437. The van der Waals surface area contributed by atoms with Crippen molar-refractivity contribution in [2.45, 2.75) is 71.1 Å². The van der Waals surface area contributed by atoms with E-state index in [1.54, 1.807) is 6.20 Å². The van der Waals surface area contributed by atoms with E-state index >= 15 is 0 Å². The van der Waals surface area contributed by atoms with Crippen LogP contribution in [0, 0.1) is 12.3 Å². The average molecular weight is 278 g/mol. The normalized spacial score (nSPS) is 28.5. The third-order valence-corrected chi connectivity index (χ3v) is 5.11. The zero-order valence-electron chi connectivity index (χ0n) is 12.7. The minimum absolute atomic E-state index is 0.371. The van der Waals surface area contributed by atoms with Gasteiger partial charge in [0.1, 0.15) is 5.76 Å². The molecule has 1 aromatic rings. The van der Waals surface area contributed by atoms with E-state index in [1.807, 2.05) is 6.92 Å². The summed E-state index contributed by atoms with van der Waals surface area (Å²) in [5.74, 6) is 1.68. The fourth-order valence-electron chi connectivity index (χ4n) is 4.04. The van der Waals surface area contributed by atoms with Crippen LogP contribution in [0.1, 0.15) is 57.1 Å². The Labute approximate surface area is 121 Å². The number of hydrogen-bond acceptors (Lipinski definition) is 4. The maximum absolute atomic E-state index is 5.98. The van der Waals surface area contributed by atoms with E-state index in [-0.39, 0.29) is 0 Å². The summed E-state index contributed by atoms with van der Waals surface area (Å²) in [7, 11) is 0. The van der Waals surface area contributed by atoms with Gasteiger partial charge < -0.3 is 14.5 Å². The van der Waals surface area contributed by atoms with E-state index in [0.717, 1.165) is 31.2 Å². The lowest BCUT2D eigenvalue weighted by molar-refractivity contribution is -0.150. The molecule has 3 rings (SSSR count). The van der Waals surface area contributed by atoms with E-state index in [9.17, 15) is 0 Å². The van der Waals surface area contributed by atoms with Crippen LogP contribution in [-0.4, -0.2) is 23.7 Å². The van der Waals surface area contributed by atoms with Crippen molar-refractivity contribution in [3.05, 3.63) is 17.8 Å². The molecule has 20 heavy (non-hydrogen) atoms. The molecule has 1 aromatic heterocycles. The Morgan fingerprint density at radius 2 is 2.20 bits per heavy atom. The first-order valence-corrected chi connectivity index (χ1v) is 8.01. The van der Waals surface area contributed by atoms with Gasteiger partial charge in [-0.3, -0.25) is 0 Å². The van der Waals surface area contributed by atoms with Crippen molar-refractivity contribution in [3.63, 3.8) is 0 Å². The number of aromatic nitrogens is 1. The van der Waals surface area contributed by atoms with Crippen molar-refractivity contribution in [1.82, 2.24) is 10.3 Å². The molecule has 4 nitrogen and oxygen atoms in total. The Hall–Kier alpha value is -0.870. The van der Waals surface area contributed by atoms with E-state index in [4.69, 9.17) is 9.15 Å². The van der Waals surface area contributed by atoms with Crippen molar-refractivity contribution in [2.75, 3.05) is 6.61 Å². The molecule has 2 atom stereocenters. The molecule has 0 aromatic carbocycles. The summed E-state index contributed by atoms with van der Waals surface area (Å²) in [6.45, 7) is 5.61. The first-order chi connectivity index (χ1) is 9.74. The lowest BCUT2D eigenvalue weighted by Crippen LogP contribution is -2.64. The second-order valence-corrected chi connectivity index (χ2v) is 6.27. The fraction of sp³-hybridized carbons (Fsp3) is 0.812. The van der Waals surface area contributed by atoms with Gasteiger partial charge in [-0.15, -0.1) is 0 Å². The number of rotatable bonds is 5. The third kappa shape index (κ3) is 2.51. The molecule has 2 aliphatic carbocycles. The number of aryl methyl sites for hydroxylation is 1. The molecular formula is C16H26N2O2. The first kappa shape index (κ1) is 14.1. The SMILES string of the molecule is CCOC1CC(NCc2ncc(C)o2)C12CCCCC2.